The predicted octanol–water partition coefficient (Wildman–Crippen LogP) is 18.9. The smallest absolute Gasteiger partial charge is 0.0381 e. The Kier molecular flexibility index (Phi) is 24.4. The van der Waals surface area contributed by atoms with Gasteiger partial charge in [0.1, 0.15) is 0 Å². The molecule has 0 spiro atoms. The highest BCUT2D eigenvalue weighted by molar-refractivity contribution is 4.83. The molecule has 0 atom stereocenters. The van der Waals surface area contributed by atoms with E-state index >= 15 is 0 Å². The monoisotopic (exact) mass is 749 g/mol. The maximum Gasteiger partial charge on any atom is -0.0381 e. The van der Waals surface area contributed by atoms with Crippen LogP contribution in [-0.4, -0.2) is 0 Å². The zero-order valence-electron chi connectivity index (χ0n) is 37.1. The van der Waals surface area contributed by atoms with Gasteiger partial charge < -0.3 is 0 Å². The molecule has 8 aliphatic carbocycles. The molecule has 0 aliphatic heterocycles. The van der Waals surface area contributed by atoms with Gasteiger partial charge in [0.15, 0.2) is 0 Å². The molecule has 8 aliphatic rings. The van der Waals surface area contributed by atoms with Crippen LogP contribution in [0.25, 0.3) is 0 Å². The van der Waals surface area contributed by atoms with E-state index in [1.807, 2.05) is 0 Å². The van der Waals surface area contributed by atoms with Crippen molar-refractivity contribution in [2.24, 2.45) is 47.3 Å². The van der Waals surface area contributed by atoms with E-state index in [9.17, 15) is 0 Å². The van der Waals surface area contributed by atoms with E-state index in [-0.39, 0.29) is 0 Å². The lowest BCUT2D eigenvalue weighted by Gasteiger charge is -2.37. The van der Waals surface area contributed by atoms with Crippen molar-refractivity contribution >= 4 is 0 Å². The van der Waals surface area contributed by atoms with Crippen LogP contribution < -0.4 is 0 Å². The van der Waals surface area contributed by atoms with Crippen LogP contribution in [0.1, 0.15) is 295 Å². The third kappa shape index (κ3) is 19.2. The average Bonchev–Trinajstić information content (AvgIpc) is 3.27. The van der Waals surface area contributed by atoms with Gasteiger partial charge in [-0.2, -0.15) is 0 Å². The summed E-state index contributed by atoms with van der Waals surface area (Å²) in [5, 5.41) is 0. The largest absolute Gasteiger partial charge is 0.0533 e. The standard InChI is InChI=1S/2C21H38.2C6H12/c2*1-4-10-18(11-5-1)16-21(20-14-8-3-9-15-20)17-19-12-6-2-7-13-19;2*1-2-4-6-5-3-1/h2*18-21H,1-17H2;2*1-6H2. The second-order valence-electron chi connectivity index (χ2n) is 21.5. The fourth-order valence-electron chi connectivity index (χ4n) is 13.7. The Hall–Kier alpha value is 0. The molecule has 0 N–H and O–H groups in total. The SMILES string of the molecule is C1CCC(CC(CC2CCCCC2)C2CCCCC2)CC1.C1CCC(CC(CC2CCCCC2)C2CCCCC2)CC1.C1CCCCC1.C1CCCCC1. The summed E-state index contributed by atoms with van der Waals surface area (Å²) >= 11 is 0. The third-order valence-electron chi connectivity index (χ3n) is 17.1. The fourth-order valence-corrected chi connectivity index (χ4v) is 13.7. The first-order valence-electron chi connectivity index (χ1n) is 26.8. The van der Waals surface area contributed by atoms with E-state index in [1.165, 1.54) is 193 Å². The van der Waals surface area contributed by atoms with Crippen molar-refractivity contribution in [2.45, 2.75) is 295 Å². The maximum atomic E-state index is 1.61. The second kappa shape index (κ2) is 29.2. The van der Waals surface area contributed by atoms with Crippen LogP contribution in [0.5, 0.6) is 0 Å². The van der Waals surface area contributed by atoms with Gasteiger partial charge in [-0.25, -0.2) is 0 Å². The number of hydrogen-bond acceptors (Lipinski definition) is 0. The highest BCUT2D eigenvalue weighted by Gasteiger charge is 2.31. The van der Waals surface area contributed by atoms with Crippen LogP contribution in [-0.2, 0) is 0 Å². The molecule has 0 heteroatoms. The minimum atomic E-state index is 1.11. The van der Waals surface area contributed by atoms with E-state index < -0.39 is 0 Å². The summed E-state index contributed by atoms with van der Waals surface area (Å²) in [6, 6.07) is 0. The van der Waals surface area contributed by atoms with Crippen molar-refractivity contribution in [2.75, 3.05) is 0 Å². The van der Waals surface area contributed by atoms with Crippen LogP contribution in [0.3, 0.4) is 0 Å². The predicted molar refractivity (Wildman–Crippen MR) is 240 cm³/mol. The van der Waals surface area contributed by atoms with Gasteiger partial charge in [-0.15, -0.1) is 0 Å². The Morgan fingerprint density at radius 1 is 0.185 bits per heavy atom. The quantitative estimate of drug-likeness (QED) is 0.209. The summed E-state index contributed by atoms with van der Waals surface area (Å²) in [7, 11) is 0. The summed E-state index contributed by atoms with van der Waals surface area (Å²) in [4.78, 5) is 0. The number of rotatable bonds is 10. The van der Waals surface area contributed by atoms with Gasteiger partial charge in [0.25, 0.3) is 0 Å². The molecule has 0 heterocycles. The van der Waals surface area contributed by atoms with Crippen molar-refractivity contribution in [3.63, 3.8) is 0 Å². The van der Waals surface area contributed by atoms with Crippen LogP contribution in [0.2, 0.25) is 0 Å². The maximum absolute atomic E-state index is 1.61. The normalized spacial score (nSPS) is 26.6. The minimum Gasteiger partial charge on any atom is -0.0533 e. The molecule has 0 bridgehead atoms. The van der Waals surface area contributed by atoms with Gasteiger partial charge >= 0.3 is 0 Å². The lowest BCUT2D eigenvalue weighted by atomic mass is 9.69. The molecule has 0 radical (unpaired) electrons. The van der Waals surface area contributed by atoms with Crippen molar-refractivity contribution in [3.05, 3.63) is 0 Å². The van der Waals surface area contributed by atoms with Gasteiger partial charge in [-0.1, -0.05) is 270 Å². The molecule has 54 heavy (non-hydrogen) atoms. The Morgan fingerprint density at radius 2 is 0.333 bits per heavy atom. The molecule has 8 fully saturated rings. The first-order chi connectivity index (χ1) is 26.8. The summed E-state index contributed by atoms with van der Waals surface area (Å²) in [6.45, 7) is 0. The fraction of sp³-hybridized carbons (Fsp3) is 1.00. The van der Waals surface area contributed by atoms with Gasteiger partial charge in [0.05, 0.1) is 0 Å². The third-order valence-corrected chi connectivity index (χ3v) is 17.1. The minimum absolute atomic E-state index is 1.11. The molecule has 8 rings (SSSR count). The molecule has 0 unspecified atom stereocenters. The Morgan fingerprint density at radius 3 is 0.519 bits per heavy atom. The van der Waals surface area contributed by atoms with Gasteiger partial charge in [-0.3, -0.25) is 0 Å². The van der Waals surface area contributed by atoms with Crippen molar-refractivity contribution in [3.8, 4) is 0 Å². The van der Waals surface area contributed by atoms with E-state index in [1.54, 1.807) is 103 Å². The molecule has 316 valence electrons. The molecule has 0 amide bonds. The highest BCUT2D eigenvalue weighted by Crippen LogP contribution is 2.44. The first-order valence-corrected chi connectivity index (χ1v) is 26.8. The lowest BCUT2D eigenvalue weighted by Crippen LogP contribution is -2.25. The summed E-state index contributed by atoms with van der Waals surface area (Å²) in [5.41, 5.74) is 0. The summed E-state index contributed by atoms with van der Waals surface area (Å²) < 4.78 is 0. The van der Waals surface area contributed by atoms with E-state index in [0.29, 0.717) is 0 Å². The molecular formula is C54H100. The Balaban J connectivity index is 0.000000159. The molecule has 0 nitrogen and oxygen atoms in total. The highest BCUT2D eigenvalue weighted by atomic mass is 14.4. The Bertz CT molecular complexity index is 681. The van der Waals surface area contributed by atoms with Gasteiger partial charge in [0.2, 0.25) is 0 Å². The van der Waals surface area contributed by atoms with Crippen LogP contribution >= 0.6 is 0 Å². The van der Waals surface area contributed by atoms with Crippen molar-refractivity contribution < 1.29 is 0 Å². The average molecular weight is 749 g/mol. The van der Waals surface area contributed by atoms with E-state index in [4.69, 9.17) is 0 Å². The van der Waals surface area contributed by atoms with Crippen LogP contribution in [0.15, 0.2) is 0 Å². The second-order valence-corrected chi connectivity index (χ2v) is 21.5. The molecule has 0 aromatic rings. The molecule has 0 saturated heterocycles. The topological polar surface area (TPSA) is 0 Å². The zero-order valence-corrected chi connectivity index (χ0v) is 37.1. The molecule has 0 aromatic carbocycles. The van der Waals surface area contributed by atoms with Crippen LogP contribution in [0, 0.1) is 47.3 Å². The first kappa shape index (κ1) is 45.1. The van der Waals surface area contributed by atoms with Crippen molar-refractivity contribution in [1.29, 1.82) is 0 Å². The number of hydrogen-bond donors (Lipinski definition) is 0. The van der Waals surface area contributed by atoms with E-state index in [0.717, 1.165) is 47.3 Å². The molecule has 8 saturated carbocycles. The van der Waals surface area contributed by atoms with Gasteiger partial charge in [0, 0.05) is 0 Å². The lowest BCUT2D eigenvalue weighted by molar-refractivity contribution is 0.149. The zero-order chi connectivity index (χ0) is 37.1. The molecule has 0 aromatic heterocycles. The van der Waals surface area contributed by atoms with E-state index in [2.05, 4.69) is 0 Å². The summed E-state index contributed by atoms with van der Waals surface area (Å²) in [6.07, 6.45) is 70.8. The summed E-state index contributed by atoms with van der Waals surface area (Å²) in [5.74, 6) is 8.87. The van der Waals surface area contributed by atoms with Gasteiger partial charge in [-0.05, 0) is 73.0 Å². The van der Waals surface area contributed by atoms with Crippen LogP contribution in [0.4, 0.5) is 0 Å². The van der Waals surface area contributed by atoms with Crippen molar-refractivity contribution in [1.82, 2.24) is 0 Å². The molecular weight excluding hydrogens is 649 g/mol. The Labute approximate surface area is 341 Å².